The van der Waals surface area contributed by atoms with Gasteiger partial charge in [0.2, 0.25) is 0 Å². The van der Waals surface area contributed by atoms with Crippen LogP contribution in [0.5, 0.6) is 0 Å². The van der Waals surface area contributed by atoms with Crippen LogP contribution >= 0.6 is 23.1 Å². The molecule has 1 unspecified atom stereocenters. The summed E-state index contributed by atoms with van der Waals surface area (Å²) in [5.41, 5.74) is 20.6. The van der Waals surface area contributed by atoms with Crippen molar-refractivity contribution in [3.8, 4) is 55.1 Å². The maximum absolute atomic E-state index is 5.08. The minimum atomic E-state index is -0.112. The molecule has 1 aliphatic heterocycles. The van der Waals surface area contributed by atoms with E-state index in [2.05, 4.69) is 179 Å². The molecule has 1 atom stereocenters. The fourth-order valence-electron chi connectivity index (χ4n) is 9.21. The molecule has 8 aromatic rings. The Labute approximate surface area is 325 Å². The zero-order chi connectivity index (χ0) is 36.3. The summed E-state index contributed by atoms with van der Waals surface area (Å²) >= 11 is 3.65. The molecule has 4 heteroatoms. The van der Waals surface area contributed by atoms with Gasteiger partial charge < -0.3 is 5.32 Å². The molecule has 0 spiro atoms. The van der Waals surface area contributed by atoms with Gasteiger partial charge in [-0.15, -0.1) is 11.3 Å². The fourth-order valence-corrected chi connectivity index (χ4v) is 11.3. The second-order valence-corrected chi connectivity index (χ2v) is 18.2. The molecule has 0 fully saturated rings. The topological polar surface area (TPSA) is 24.9 Å². The molecule has 0 amide bonds. The number of aromatic nitrogens is 1. The van der Waals surface area contributed by atoms with Crippen LogP contribution in [0.3, 0.4) is 0 Å². The van der Waals surface area contributed by atoms with Gasteiger partial charge in [-0.05, 0) is 139 Å². The molecule has 0 saturated carbocycles. The molecule has 1 aromatic heterocycles. The quantitative estimate of drug-likeness (QED) is 0.195. The van der Waals surface area contributed by atoms with Crippen molar-refractivity contribution in [3.63, 3.8) is 0 Å². The maximum Gasteiger partial charge on any atom is 0.124 e. The Morgan fingerprint density at radius 3 is 1.94 bits per heavy atom. The number of thioether (sulfide) groups is 1. The molecular formula is C50H38N2S2. The lowest BCUT2D eigenvalue weighted by atomic mass is 9.79. The first-order valence-corrected chi connectivity index (χ1v) is 20.5. The van der Waals surface area contributed by atoms with Crippen LogP contribution < -0.4 is 5.32 Å². The Morgan fingerprint density at radius 1 is 0.500 bits per heavy atom. The van der Waals surface area contributed by atoms with Crippen LogP contribution in [-0.4, -0.2) is 4.98 Å². The van der Waals surface area contributed by atoms with E-state index in [1.807, 2.05) is 11.8 Å². The zero-order valence-electron chi connectivity index (χ0n) is 30.7. The molecule has 2 nitrogen and oxygen atoms in total. The summed E-state index contributed by atoms with van der Waals surface area (Å²) in [6, 6.07) is 54.3. The van der Waals surface area contributed by atoms with Crippen LogP contribution in [0.1, 0.15) is 60.9 Å². The van der Waals surface area contributed by atoms with E-state index < -0.39 is 0 Å². The van der Waals surface area contributed by atoms with E-state index in [-0.39, 0.29) is 16.2 Å². The van der Waals surface area contributed by atoms with Crippen molar-refractivity contribution in [1.82, 2.24) is 4.98 Å². The second-order valence-electron chi connectivity index (χ2n) is 16.0. The molecule has 260 valence electrons. The molecule has 0 saturated heterocycles. The average Bonchev–Trinajstić information content (AvgIpc) is 3.94. The summed E-state index contributed by atoms with van der Waals surface area (Å²) in [4.78, 5) is 6.37. The predicted octanol–water partition coefficient (Wildman–Crippen LogP) is 14.1. The average molecular weight is 731 g/mol. The zero-order valence-corrected chi connectivity index (χ0v) is 32.3. The molecule has 0 bridgehead atoms. The van der Waals surface area contributed by atoms with Gasteiger partial charge in [0.25, 0.3) is 0 Å². The van der Waals surface area contributed by atoms with Crippen molar-refractivity contribution in [3.05, 3.63) is 173 Å². The van der Waals surface area contributed by atoms with Crippen molar-refractivity contribution in [2.24, 2.45) is 0 Å². The molecule has 1 N–H and O–H groups in total. The molecule has 0 radical (unpaired) electrons. The molecule has 2 heterocycles. The Kier molecular flexibility index (Phi) is 6.85. The standard InChI is InChI=1S/C50H38N2S2/c1-49(2)39-15-6-5-14-35(39)37-27-42-38(28-41(37)49)36-21-20-31(26-40(36)50(42,3)4)29-12-11-13-30(22-29)32-23-33(47-51-43-16-7-9-18-45(43)53-47)25-34(24-32)48-52-44-17-8-10-19-46(44)54-48/h5-28,47,51H,1-4H3. The third-order valence-electron chi connectivity index (χ3n) is 12.1. The number of anilines is 1. The number of fused-ring (bicyclic) bond motifs is 8. The monoisotopic (exact) mass is 730 g/mol. The number of benzene rings is 7. The van der Waals surface area contributed by atoms with Gasteiger partial charge in [0.1, 0.15) is 10.4 Å². The Balaban J connectivity index is 0.994. The van der Waals surface area contributed by atoms with Crippen LogP contribution in [-0.2, 0) is 10.8 Å². The van der Waals surface area contributed by atoms with Gasteiger partial charge in [-0.25, -0.2) is 4.98 Å². The number of para-hydroxylation sites is 2. The maximum atomic E-state index is 5.08. The minimum Gasteiger partial charge on any atom is -0.368 e. The van der Waals surface area contributed by atoms with Crippen molar-refractivity contribution in [1.29, 1.82) is 0 Å². The largest absolute Gasteiger partial charge is 0.368 e. The first-order chi connectivity index (χ1) is 26.2. The Morgan fingerprint density at radius 2 is 1.13 bits per heavy atom. The van der Waals surface area contributed by atoms with Gasteiger partial charge in [-0.1, -0.05) is 118 Å². The van der Waals surface area contributed by atoms with E-state index in [4.69, 9.17) is 4.98 Å². The molecular weight excluding hydrogens is 693 g/mol. The van der Waals surface area contributed by atoms with Crippen molar-refractivity contribution in [2.75, 3.05) is 5.32 Å². The van der Waals surface area contributed by atoms with E-state index in [0.717, 1.165) is 16.1 Å². The lowest BCUT2D eigenvalue weighted by Gasteiger charge is -2.24. The van der Waals surface area contributed by atoms with Crippen molar-refractivity contribution < 1.29 is 0 Å². The number of nitrogens with one attached hydrogen (secondary N) is 1. The van der Waals surface area contributed by atoms with E-state index in [0.29, 0.717) is 0 Å². The first-order valence-electron chi connectivity index (χ1n) is 18.8. The van der Waals surface area contributed by atoms with Gasteiger partial charge >= 0.3 is 0 Å². The number of hydrogen-bond acceptors (Lipinski definition) is 4. The minimum absolute atomic E-state index is 0.0189. The first kappa shape index (κ1) is 32.0. The number of hydrogen-bond donors (Lipinski definition) is 1. The highest BCUT2D eigenvalue weighted by atomic mass is 32.2. The van der Waals surface area contributed by atoms with E-state index >= 15 is 0 Å². The highest BCUT2D eigenvalue weighted by Crippen LogP contribution is 2.56. The lowest BCUT2D eigenvalue weighted by molar-refractivity contribution is 0.652. The summed E-state index contributed by atoms with van der Waals surface area (Å²) in [7, 11) is 0. The summed E-state index contributed by atoms with van der Waals surface area (Å²) in [6.45, 7) is 9.55. The van der Waals surface area contributed by atoms with Gasteiger partial charge in [0.05, 0.1) is 10.2 Å². The van der Waals surface area contributed by atoms with Gasteiger partial charge in [0, 0.05) is 27.0 Å². The normalized spacial score (nSPS) is 16.7. The van der Waals surface area contributed by atoms with Crippen LogP contribution in [0.25, 0.3) is 65.3 Å². The number of rotatable bonds is 4. The second kappa shape index (κ2) is 11.5. The molecule has 11 rings (SSSR count). The SMILES string of the molecule is CC1(C)c2ccccc2-c2cc3c(cc21)-c1ccc(-c2cccc(-c4cc(-c5nc6ccccc6s5)cc(C5Nc6ccccc6S5)c4)c2)cc1C3(C)C. The van der Waals surface area contributed by atoms with Gasteiger partial charge in [0.15, 0.2) is 0 Å². The smallest absolute Gasteiger partial charge is 0.124 e. The fraction of sp³-hybridized carbons (Fsp3) is 0.140. The summed E-state index contributed by atoms with van der Waals surface area (Å²) in [6.07, 6.45) is 0. The van der Waals surface area contributed by atoms with Crippen LogP contribution in [0, 0.1) is 0 Å². The lowest BCUT2D eigenvalue weighted by Crippen LogP contribution is -2.17. The van der Waals surface area contributed by atoms with Crippen LogP contribution in [0.15, 0.2) is 150 Å². The van der Waals surface area contributed by atoms with E-state index in [1.54, 1.807) is 11.3 Å². The summed E-state index contributed by atoms with van der Waals surface area (Å²) < 4.78 is 1.21. The summed E-state index contributed by atoms with van der Waals surface area (Å²) in [5.74, 6) is 0. The third kappa shape index (κ3) is 4.76. The van der Waals surface area contributed by atoms with E-state index in [1.165, 1.54) is 87.6 Å². The number of nitrogens with zero attached hydrogens (tertiary/aromatic N) is 1. The molecule has 7 aromatic carbocycles. The molecule has 3 aliphatic rings. The molecule has 2 aliphatic carbocycles. The Hall–Kier alpha value is -5.42. The van der Waals surface area contributed by atoms with Crippen molar-refractivity contribution in [2.45, 2.75) is 48.8 Å². The van der Waals surface area contributed by atoms with Gasteiger partial charge in [-0.3, -0.25) is 0 Å². The highest BCUT2D eigenvalue weighted by Gasteiger charge is 2.41. The Bertz CT molecular complexity index is 2800. The highest BCUT2D eigenvalue weighted by molar-refractivity contribution is 8.00. The summed E-state index contributed by atoms with van der Waals surface area (Å²) in [5, 5.41) is 4.96. The van der Waals surface area contributed by atoms with Crippen LogP contribution in [0.4, 0.5) is 5.69 Å². The van der Waals surface area contributed by atoms with Crippen LogP contribution in [0.2, 0.25) is 0 Å². The van der Waals surface area contributed by atoms with E-state index in [9.17, 15) is 0 Å². The molecule has 54 heavy (non-hydrogen) atoms. The predicted molar refractivity (Wildman–Crippen MR) is 230 cm³/mol. The third-order valence-corrected chi connectivity index (χ3v) is 14.4. The van der Waals surface area contributed by atoms with Crippen molar-refractivity contribution >= 4 is 39.0 Å². The van der Waals surface area contributed by atoms with Gasteiger partial charge in [-0.2, -0.15) is 0 Å². The number of thiazole rings is 1.